The van der Waals surface area contributed by atoms with Gasteiger partial charge in [0.1, 0.15) is 5.82 Å². The van der Waals surface area contributed by atoms with Crippen molar-refractivity contribution >= 4 is 46.0 Å². The second-order valence-corrected chi connectivity index (χ2v) is 6.58. The summed E-state index contributed by atoms with van der Waals surface area (Å²) in [6, 6.07) is 13.6. The van der Waals surface area contributed by atoms with Gasteiger partial charge < -0.3 is 0 Å². The fraction of sp³-hybridized carbons (Fsp3) is 0.0588. The predicted molar refractivity (Wildman–Crippen MR) is 93.2 cm³/mol. The maximum Gasteiger partial charge on any atom is 0.270 e. The Morgan fingerprint density at radius 1 is 1.18 bits per heavy atom. The van der Waals surface area contributed by atoms with Crippen molar-refractivity contribution in [2.24, 2.45) is 0 Å². The highest BCUT2D eigenvalue weighted by Crippen LogP contribution is 2.36. The topological polar surface area (TPSA) is 20.3 Å². The Hall–Kier alpha value is -1.98. The molecule has 2 aromatic carbocycles. The first-order valence-electron chi connectivity index (χ1n) is 6.65. The van der Waals surface area contributed by atoms with E-state index in [2.05, 4.69) is 0 Å². The van der Waals surface area contributed by atoms with Crippen molar-refractivity contribution < 1.29 is 9.18 Å². The summed E-state index contributed by atoms with van der Waals surface area (Å²) in [6.45, 7) is 1.97. The van der Waals surface area contributed by atoms with Gasteiger partial charge in [-0.15, -0.1) is 0 Å². The summed E-state index contributed by atoms with van der Waals surface area (Å²) < 4.78 is 13.4. The number of aryl methyl sites for hydroxylation is 1. The Morgan fingerprint density at radius 3 is 2.59 bits per heavy atom. The van der Waals surface area contributed by atoms with Crippen LogP contribution < -0.4 is 4.90 Å². The highest BCUT2D eigenvalue weighted by atomic mass is 32.2. The molecule has 0 saturated carbocycles. The number of carbonyl (C=O) groups excluding carboxylic acids is 1. The lowest BCUT2D eigenvalue weighted by molar-refractivity contribution is -0.113. The van der Waals surface area contributed by atoms with Gasteiger partial charge in [-0.25, -0.2) is 4.39 Å². The SMILES string of the molecule is Cc1cccc(N2C(=O)/C(=C\c3ccc(F)cc3)SC2=S)c1. The second-order valence-electron chi connectivity index (χ2n) is 4.91. The molecule has 0 aromatic heterocycles. The van der Waals surface area contributed by atoms with Gasteiger partial charge in [0.15, 0.2) is 4.32 Å². The van der Waals surface area contributed by atoms with Crippen LogP contribution in [0.5, 0.6) is 0 Å². The van der Waals surface area contributed by atoms with E-state index < -0.39 is 0 Å². The molecular weight excluding hydrogens is 317 g/mol. The van der Waals surface area contributed by atoms with Crippen LogP contribution in [-0.2, 0) is 4.79 Å². The van der Waals surface area contributed by atoms with E-state index in [9.17, 15) is 9.18 Å². The maximum absolute atomic E-state index is 12.9. The molecule has 1 amide bonds. The van der Waals surface area contributed by atoms with Gasteiger partial charge in [-0.05, 0) is 48.4 Å². The van der Waals surface area contributed by atoms with Crippen molar-refractivity contribution in [1.82, 2.24) is 0 Å². The van der Waals surface area contributed by atoms with Crippen molar-refractivity contribution in [2.75, 3.05) is 4.90 Å². The number of carbonyl (C=O) groups is 1. The Balaban J connectivity index is 1.93. The number of hydrogen-bond donors (Lipinski definition) is 0. The van der Waals surface area contributed by atoms with Gasteiger partial charge in [0.05, 0.1) is 10.6 Å². The van der Waals surface area contributed by atoms with E-state index in [1.807, 2.05) is 31.2 Å². The summed E-state index contributed by atoms with van der Waals surface area (Å²) in [6.07, 6.45) is 1.73. The fourth-order valence-electron chi connectivity index (χ4n) is 2.17. The lowest BCUT2D eigenvalue weighted by atomic mass is 10.2. The molecule has 0 atom stereocenters. The maximum atomic E-state index is 12.9. The Labute approximate surface area is 137 Å². The molecule has 2 aromatic rings. The zero-order valence-corrected chi connectivity index (χ0v) is 13.4. The summed E-state index contributed by atoms with van der Waals surface area (Å²) in [4.78, 5) is 14.6. The van der Waals surface area contributed by atoms with E-state index in [1.165, 1.54) is 28.8 Å². The minimum Gasteiger partial charge on any atom is -0.268 e. The van der Waals surface area contributed by atoms with Gasteiger partial charge in [0.2, 0.25) is 0 Å². The monoisotopic (exact) mass is 329 g/mol. The summed E-state index contributed by atoms with van der Waals surface area (Å²) in [5, 5.41) is 0. The van der Waals surface area contributed by atoms with E-state index in [-0.39, 0.29) is 11.7 Å². The summed E-state index contributed by atoms with van der Waals surface area (Å²) >= 11 is 6.58. The molecule has 0 N–H and O–H groups in total. The molecule has 0 spiro atoms. The highest BCUT2D eigenvalue weighted by Gasteiger charge is 2.33. The van der Waals surface area contributed by atoms with Crippen LogP contribution >= 0.6 is 24.0 Å². The van der Waals surface area contributed by atoms with Crippen molar-refractivity contribution in [2.45, 2.75) is 6.92 Å². The number of nitrogens with zero attached hydrogens (tertiary/aromatic N) is 1. The van der Waals surface area contributed by atoms with Crippen molar-refractivity contribution in [3.63, 3.8) is 0 Å². The fourth-order valence-corrected chi connectivity index (χ4v) is 3.47. The Morgan fingerprint density at radius 2 is 1.91 bits per heavy atom. The Kier molecular flexibility index (Phi) is 4.09. The average Bonchev–Trinajstić information content (AvgIpc) is 2.76. The van der Waals surface area contributed by atoms with Crippen LogP contribution in [0.25, 0.3) is 6.08 Å². The molecule has 22 heavy (non-hydrogen) atoms. The number of amides is 1. The first kappa shape index (κ1) is 14.9. The van der Waals surface area contributed by atoms with Crippen LogP contribution in [0.15, 0.2) is 53.4 Å². The summed E-state index contributed by atoms with van der Waals surface area (Å²) in [5.74, 6) is -0.450. The van der Waals surface area contributed by atoms with Gasteiger partial charge >= 0.3 is 0 Å². The van der Waals surface area contributed by atoms with E-state index in [4.69, 9.17) is 12.2 Å². The van der Waals surface area contributed by atoms with Gasteiger partial charge in [0, 0.05) is 0 Å². The molecule has 3 rings (SSSR count). The predicted octanol–water partition coefficient (Wildman–Crippen LogP) is 4.54. The van der Waals surface area contributed by atoms with Crippen LogP contribution in [0.4, 0.5) is 10.1 Å². The number of thiocarbonyl (C=S) groups is 1. The quantitative estimate of drug-likeness (QED) is 0.596. The molecule has 0 aliphatic carbocycles. The van der Waals surface area contributed by atoms with E-state index in [0.29, 0.717) is 9.23 Å². The van der Waals surface area contributed by atoms with Crippen molar-refractivity contribution in [1.29, 1.82) is 0 Å². The van der Waals surface area contributed by atoms with Crippen LogP contribution in [0, 0.1) is 12.7 Å². The second kappa shape index (κ2) is 6.02. The van der Waals surface area contributed by atoms with Crippen LogP contribution in [0.2, 0.25) is 0 Å². The smallest absolute Gasteiger partial charge is 0.268 e. The van der Waals surface area contributed by atoms with E-state index in [1.54, 1.807) is 18.2 Å². The molecule has 0 bridgehead atoms. The van der Waals surface area contributed by atoms with Crippen LogP contribution in [-0.4, -0.2) is 10.2 Å². The zero-order chi connectivity index (χ0) is 15.7. The molecule has 0 unspecified atom stereocenters. The van der Waals surface area contributed by atoms with Gasteiger partial charge in [0.25, 0.3) is 5.91 Å². The number of anilines is 1. The third kappa shape index (κ3) is 2.96. The van der Waals surface area contributed by atoms with Gasteiger partial charge in [-0.2, -0.15) is 0 Å². The molecule has 0 radical (unpaired) electrons. The number of hydrogen-bond acceptors (Lipinski definition) is 3. The van der Waals surface area contributed by atoms with Gasteiger partial charge in [-0.3, -0.25) is 9.69 Å². The first-order valence-corrected chi connectivity index (χ1v) is 7.87. The molecule has 2 nitrogen and oxygen atoms in total. The number of halogens is 1. The molecule has 1 aliphatic heterocycles. The van der Waals surface area contributed by atoms with Gasteiger partial charge in [-0.1, -0.05) is 48.2 Å². The van der Waals surface area contributed by atoms with Crippen LogP contribution in [0.1, 0.15) is 11.1 Å². The van der Waals surface area contributed by atoms with Crippen LogP contribution in [0.3, 0.4) is 0 Å². The molecular formula is C17H12FNOS2. The zero-order valence-electron chi connectivity index (χ0n) is 11.7. The molecule has 1 aliphatic rings. The molecule has 1 heterocycles. The largest absolute Gasteiger partial charge is 0.270 e. The minimum absolute atomic E-state index is 0.148. The first-order chi connectivity index (χ1) is 10.5. The van der Waals surface area contributed by atoms with E-state index >= 15 is 0 Å². The lowest BCUT2D eigenvalue weighted by Gasteiger charge is -2.14. The standard InChI is InChI=1S/C17H12FNOS2/c1-11-3-2-4-14(9-11)19-16(20)15(22-17(19)21)10-12-5-7-13(18)8-6-12/h2-10H,1H3/b15-10+. The minimum atomic E-state index is -0.301. The van der Waals surface area contributed by atoms with Crippen molar-refractivity contribution in [3.05, 3.63) is 70.4 Å². The Bertz CT molecular complexity index is 784. The number of thioether (sulfide) groups is 1. The average molecular weight is 329 g/mol. The molecule has 5 heteroatoms. The molecule has 1 fully saturated rings. The third-order valence-electron chi connectivity index (χ3n) is 3.22. The highest BCUT2D eigenvalue weighted by molar-refractivity contribution is 8.27. The summed E-state index contributed by atoms with van der Waals surface area (Å²) in [7, 11) is 0. The number of benzene rings is 2. The summed E-state index contributed by atoms with van der Waals surface area (Å²) in [5.41, 5.74) is 2.60. The van der Waals surface area contributed by atoms with E-state index in [0.717, 1.165) is 16.8 Å². The number of rotatable bonds is 2. The lowest BCUT2D eigenvalue weighted by Crippen LogP contribution is -2.27. The normalized spacial score (nSPS) is 16.6. The third-order valence-corrected chi connectivity index (χ3v) is 4.52. The van der Waals surface area contributed by atoms with Crippen molar-refractivity contribution in [3.8, 4) is 0 Å². The molecule has 1 saturated heterocycles. The molecule has 110 valence electrons.